The zero-order valence-electron chi connectivity index (χ0n) is 14.8. The summed E-state index contributed by atoms with van der Waals surface area (Å²) in [6.45, 7) is 1.78. The van der Waals surface area contributed by atoms with E-state index >= 15 is 0 Å². The molecular formula is C22H24N2P-. The van der Waals surface area contributed by atoms with E-state index in [0.29, 0.717) is 0 Å². The Morgan fingerprint density at radius 3 is 1.80 bits per heavy atom. The van der Waals surface area contributed by atoms with Crippen LogP contribution in [0.5, 0.6) is 0 Å². The summed E-state index contributed by atoms with van der Waals surface area (Å²) >= 11 is 0. The molecule has 0 radical (unpaired) electrons. The molecule has 3 heteroatoms. The minimum absolute atomic E-state index is 0.606. The molecule has 0 aromatic heterocycles. The first-order valence-corrected chi connectivity index (χ1v) is 9.91. The van der Waals surface area contributed by atoms with Crippen LogP contribution in [0, 0.1) is 0 Å². The number of nitrogens with zero attached hydrogens (tertiary/aromatic N) is 2. The molecule has 3 rings (SSSR count). The summed E-state index contributed by atoms with van der Waals surface area (Å²) in [5, 5.41) is 8.94. The molecule has 0 amide bonds. The molecule has 0 spiro atoms. The van der Waals surface area contributed by atoms with Crippen LogP contribution in [-0.2, 0) is 0 Å². The van der Waals surface area contributed by atoms with Crippen LogP contribution in [0.15, 0.2) is 84.9 Å². The van der Waals surface area contributed by atoms with E-state index in [4.69, 9.17) is 5.32 Å². The lowest BCUT2D eigenvalue weighted by atomic mass is 10.3. The van der Waals surface area contributed by atoms with Crippen molar-refractivity contribution in [3.63, 3.8) is 0 Å². The molecule has 0 N–H and O–H groups in total. The quantitative estimate of drug-likeness (QED) is 0.590. The van der Waals surface area contributed by atoms with Gasteiger partial charge in [0.05, 0.1) is 0 Å². The summed E-state index contributed by atoms with van der Waals surface area (Å²) in [7, 11) is 3.57. The molecule has 3 aromatic carbocycles. The number of hydrogen-bond donors (Lipinski definition) is 0. The van der Waals surface area contributed by atoms with Crippen molar-refractivity contribution in [2.75, 3.05) is 27.2 Å². The van der Waals surface area contributed by atoms with Crippen molar-refractivity contribution < 1.29 is 0 Å². The van der Waals surface area contributed by atoms with E-state index in [1.165, 1.54) is 15.9 Å². The van der Waals surface area contributed by atoms with Gasteiger partial charge in [-0.25, -0.2) is 0 Å². The molecule has 128 valence electrons. The summed E-state index contributed by atoms with van der Waals surface area (Å²) < 4.78 is 0. The van der Waals surface area contributed by atoms with Crippen molar-refractivity contribution in [3.8, 4) is 0 Å². The predicted molar refractivity (Wildman–Crippen MR) is 112 cm³/mol. The van der Waals surface area contributed by atoms with Crippen LogP contribution < -0.4 is 15.9 Å². The molecule has 25 heavy (non-hydrogen) atoms. The first kappa shape index (κ1) is 17.7. The molecule has 0 unspecified atom stereocenters. The van der Waals surface area contributed by atoms with Gasteiger partial charge in [-0.1, -0.05) is 84.9 Å². The Bertz CT molecular complexity index is 733. The van der Waals surface area contributed by atoms with Crippen LogP contribution >= 0.6 is 7.92 Å². The van der Waals surface area contributed by atoms with E-state index in [1.807, 2.05) is 0 Å². The zero-order valence-corrected chi connectivity index (χ0v) is 15.7. The van der Waals surface area contributed by atoms with Crippen molar-refractivity contribution in [1.29, 1.82) is 0 Å². The minimum Gasteiger partial charge on any atom is -0.683 e. The van der Waals surface area contributed by atoms with Gasteiger partial charge >= 0.3 is 0 Å². The van der Waals surface area contributed by atoms with Crippen LogP contribution in [0.25, 0.3) is 5.32 Å². The van der Waals surface area contributed by atoms with E-state index in [-0.39, 0.29) is 0 Å². The van der Waals surface area contributed by atoms with Gasteiger partial charge in [-0.3, -0.25) is 0 Å². The van der Waals surface area contributed by atoms with Crippen molar-refractivity contribution in [3.05, 3.63) is 90.2 Å². The summed E-state index contributed by atoms with van der Waals surface area (Å²) in [6, 6.07) is 30.2. The maximum Gasteiger partial charge on any atom is -0.0138 e. The third-order valence-electron chi connectivity index (χ3n) is 3.98. The predicted octanol–water partition coefficient (Wildman–Crippen LogP) is 4.01. The molecule has 0 heterocycles. The van der Waals surface area contributed by atoms with Crippen molar-refractivity contribution >= 4 is 29.5 Å². The Kier molecular flexibility index (Phi) is 6.22. The summed E-state index contributed by atoms with van der Waals surface area (Å²) in [5.74, 6) is 0. The van der Waals surface area contributed by atoms with Crippen molar-refractivity contribution in [2.45, 2.75) is 0 Å². The van der Waals surface area contributed by atoms with Gasteiger partial charge in [0.2, 0.25) is 0 Å². The van der Waals surface area contributed by atoms with Gasteiger partial charge in [0.25, 0.3) is 0 Å². The molecular weight excluding hydrogens is 323 g/mol. The number of benzene rings is 3. The lowest BCUT2D eigenvalue weighted by molar-refractivity contribution is 0.428. The molecule has 0 fully saturated rings. The Labute approximate surface area is 152 Å². The largest absolute Gasteiger partial charge is 0.683 e. The molecule has 0 atom stereocenters. The standard InChI is InChI=1S/C22H24N2P/c1-24(2)18-17-23-21-15-9-10-16-22(21)25(19-11-5-3-6-12-19)20-13-7-4-8-14-20/h3-16H,17-18H2,1-2H3/q-1. The first-order valence-electron chi connectivity index (χ1n) is 8.57. The van der Waals surface area contributed by atoms with E-state index in [9.17, 15) is 0 Å². The second kappa shape index (κ2) is 8.80. The normalized spacial score (nSPS) is 11.0. The first-order chi connectivity index (χ1) is 12.3. The van der Waals surface area contributed by atoms with E-state index in [1.54, 1.807) is 0 Å². The Morgan fingerprint density at radius 2 is 1.24 bits per heavy atom. The van der Waals surface area contributed by atoms with Gasteiger partial charge < -0.3 is 10.2 Å². The van der Waals surface area contributed by atoms with Crippen molar-refractivity contribution in [1.82, 2.24) is 4.90 Å². The highest BCUT2D eigenvalue weighted by molar-refractivity contribution is 7.80. The highest BCUT2D eigenvalue weighted by atomic mass is 31.1. The number of likely N-dealkylation sites (N-methyl/N-ethyl adjacent to an activating group) is 1. The Hall–Kier alpha value is -2.15. The van der Waals surface area contributed by atoms with Crippen LogP contribution in [0.1, 0.15) is 0 Å². The maximum atomic E-state index is 4.89. The van der Waals surface area contributed by atoms with Gasteiger partial charge in [-0.2, -0.15) is 0 Å². The highest BCUT2D eigenvalue weighted by Gasteiger charge is 2.16. The molecule has 3 aromatic rings. The summed E-state index contributed by atoms with van der Waals surface area (Å²) in [4.78, 5) is 2.17. The lowest BCUT2D eigenvalue weighted by Gasteiger charge is -2.30. The van der Waals surface area contributed by atoms with Gasteiger partial charge in [0, 0.05) is 0 Å². The molecule has 2 nitrogen and oxygen atoms in total. The second-order valence-electron chi connectivity index (χ2n) is 6.18. The van der Waals surface area contributed by atoms with Crippen LogP contribution in [0.2, 0.25) is 0 Å². The SMILES string of the molecule is CN(C)CC[N-]c1ccccc1P(c1ccccc1)c1ccccc1. The molecule has 0 bridgehead atoms. The van der Waals surface area contributed by atoms with Gasteiger partial charge in [-0.05, 0) is 44.5 Å². The number of rotatable bonds is 7. The zero-order chi connectivity index (χ0) is 17.5. The van der Waals surface area contributed by atoms with Crippen LogP contribution in [0.4, 0.5) is 5.69 Å². The highest BCUT2D eigenvalue weighted by Crippen LogP contribution is 2.37. The number of para-hydroxylation sites is 1. The van der Waals surface area contributed by atoms with E-state index in [2.05, 4.69) is 104 Å². The van der Waals surface area contributed by atoms with Gasteiger partial charge in [0.1, 0.15) is 0 Å². The maximum absolute atomic E-state index is 4.89. The Balaban J connectivity index is 2.00. The summed E-state index contributed by atoms with van der Waals surface area (Å²) in [6.07, 6.45) is 0. The van der Waals surface area contributed by atoms with E-state index < -0.39 is 7.92 Å². The average Bonchev–Trinajstić information content (AvgIpc) is 2.65. The second-order valence-corrected chi connectivity index (χ2v) is 8.37. The number of hydrogen-bond acceptors (Lipinski definition) is 1. The van der Waals surface area contributed by atoms with Crippen molar-refractivity contribution in [2.24, 2.45) is 0 Å². The smallest absolute Gasteiger partial charge is 0.0138 e. The molecule has 0 aliphatic heterocycles. The third kappa shape index (κ3) is 4.69. The minimum atomic E-state index is -0.606. The average molecular weight is 347 g/mol. The summed E-state index contributed by atoms with van der Waals surface area (Å²) in [5.41, 5.74) is 1.11. The molecule has 0 aliphatic carbocycles. The van der Waals surface area contributed by atoms with Crippen LogP contribution in [0.3, 0.4) is 0 Å². The topological polar surface area (TPSA) is 17.3 Å². The van der Waals surface area contributed by atoms with Crippen LogP contribution in [-0.4, -0.2) is 32.1 Å². The molecule has 0 saturated carbocycles. The monoisotopic (exact) mass is 347 g/mol. The molecule has 0 aliphatic rings. The fourth-order valence-corrected chi connectivity index (χ4v) is 5.14. The Morgan fingerprint density at radius 1 is 0.720 bits per heavy atom. The third-order valence-corrected chi connectivity index (χ3v) is 6.47. The fraction of sp³-hybridized carbons (Fsp3) is 0.182. The van der Waals surface area contributed by atoms with Gasteiger partial charge in [0.15, 0.2) is 0 Å². The van der Waals surface area contributed by atoms with E-state index in [0.717, 1.165) is 18.8 Å². The molecule has 0 saturated heterocycles. The van der Waals surface area contributed by atoms with Gasteiger partial charge in [-0.15, -0.1) is 12.2 Å². The fourth-order valence-electron chi connectivity index (χ4n) is 2.74. The lowest BCUT2D eigenvalue weighted by Crippen LogP contribution is -2.21.